The molecule has 6 heteroatoms. The molecule has 0 bridgehead atoms. The van der Waals surface area contributed by atoms with Crippen LogP contribution in [-0.2, 0) is 4.74 Å². The van der Waals surface area contributed by atoms with Crippen molar-refractivity contribution in [3.8, 4) is 0 Å². The molecule has 1 aliphatic rings. The molecule has 1 saturated heterocycles. The summed E-state index contributed by atoms with van der Waals surface area (Å²) in [5.41, 5.74) is 0.466. The topological polar surface area (TPSA) is 67.3 Å². The first-order valence-electron chi connectivity index (χ1n) is 7.56. The summed E-state index contributed by atoms with van der Waals surface area (Å²) in [7, 11) is 1.68. The number of amides is 1. The van der Waals surface area contributed by atoms with E-state index in [2.05, 4.69) is 22.2 Å². The molecular weight excluding hydrogens is 268 g/mol. The molecule has 0 aliphatic carbocycles. The van der Waals surface area contributed by atoms with Crippen molar-refractivity contribution < 1.29 is 9.53 Å². The molecule has 6 nitrogen and oxygen atoms in total. The van der Waals surface area contributed by atoms with Crippen molar-refractivity contribution in [1.82, 2.24) is 14.9 Å². The number of carbonyl (C=O) groups is 1. The maximum atomic E-state index is 12.5. The maximum absolute atomic E-state index is 12.5. The van der Waals surface area contributed by atoms with Crippen LogP contribution in [-0.4, -0.2) is 54.1 Å². The summed E-state index contributed by atoms with van der Waals surface area (Å²) in [5.74, 6) is 1.07. The second-order valence-electron chi connectivity index (χ2n) is 5.54. The van der Waals surface area contributed by atoms with Crippen LogP contribution in [0.5, 0.6) is 0 Å². The van der Waals surface area contributed by atoms with E-state index in [1.165, 1.54) is 6.42 Å². The van der Waals surface area contributed by atoms with Crippen LogP contribution in [0.2, 0.25) is 0 Å². The molecular formula is C15H24N4O2. The number of aromatic nitrogens is 2. The fourth-order valence-corrected chi connectivity index (χ4v) is 2.52. The van der Waals surface area contributed by atoms with Gasteiger partial charge in [-0.2, -0.15) is 0 Å². The van der Waals surface area contributed by atoms with E-state index >= 15 is 0 Å². The van der Waals surface area contributed by atoms with Gasteiger partial charge in [0.15, 0.2) is 0 Å². The van der Waals surface area contributed by atoms with Gasteiger partial charge in [0, 0.05) is 39.5 Å². The third-order valence-electron chi connectivity index (χ3n) is 3.63. The normalized spacial score (nSPS) is 18.6. The predicted molar refractivity (Wildman–Crippen MR) is 81.3 cm³/mol. The molecule has 0 spiro atoms. The van der Waals surface area contributed by atoms with Gasteiger partial charge in [0.05, 0.1) is 0 Å². The highest BCUT2D eigenvalue weighted by molar-refractivity contribution is 5.92. The van der Waals surface area contributed by atoms with Crippen molar-refractivity contribution in [2.45, 2.75) is 26.2 Å². The number of likely N-dealkylation sites (tertiary alicyclic amines) is 1. The minimum Gasteiger partial charge on any atom is -0.385 e. The third kappa shape index (κ3) is 4.67. The Hall–Kier alpha value is -1.69. The Kier molecular flexibility index (Phi) is 5.92. The maximum Gasteiger partial charge on any atom is 0.272 e. The number of nitrogens with one attached hydrogen (secondary N) is 1. The first kappa shape index (κ1) is 15.7. The molecule has 1 N–H and O–H groups in total. The quantitative estimate of drug-likeness (QED) is 0.810. The number of hydrogen-bond acceptors (Lipinski definition) is 5. The van der Waals surface area contributed by atoms with Gasteiger partial charge in [-0.15, -0.1) is 0 Å². The molecule has 1 amide bonds. The van der Waals surface area contributed by atoms with Gasteiger partial charge >= 0.3 is 0 Å². The lowest BCUT2D eigenvalue weighted by atomic mass is 10.00. The van der Waals surface area contributed by atoms with Crippen molar-refractivity contribution in [2.24, 2.45) is 5.92 Å². The van der Waals surface area contributed by atoms with Crippen molar-refractivity contribution in [3.05, 3.63) is 18.0 Å². The van der Waals surface area contributed by atoms with Gasteiger partial charge < -0.3 is 15.0 Å². The Morgan fingerprint density at radius 1 is 1.57 bits per heavy atom. The van der Waals surface area contributed by atoms with Gasteiger partial charge in [-0.05, 0) is 31.2 Å². The zero-order valence-electron chi connectivity index (χ0n) is 12.8. The monoisotopic (exact) mass is 292 g/mol. The van der Waals surface area contributed by atoms with E-state index in [9.17, 15) is 4.79 Å². The number of ether oxygens (including phenoxy) is 1. The Bertz CT molecular complexity index is 467. The summed E-state index contributed by atoms with van der Waals surface area (Å²) in [6, 6.07) is 1.68. The van der Waals surface area contributed by atoms with Crippen molar-refractivity contribution >= 4 is 11.9 Å². The zero-order valence-corrected chi connectivity index (χ0v) is 12.8. The van der Waals surface area contributed by atoms with E-state index in [4.69, 9.17) is 4.74 Å². The summed E-state index contributed by atoms with van der Waals surface area (Å²) in [6.07, 6.45) is 4.77. The van der Waals surface area contributed by atoms with Crippen LogP contribution in [0.4, 0.5) is 5.95 Å². The molecule has 116 valence electrons. The summed E-state index contributed by atoms with van der Waals surface area (Å²) in [5, 5.41) is 3.11. The number of piperidine rings is 1. The van der Waals surface area contributed by atoms with E-state index in [0.29, 0.717) is 24.2 Å². The molecule has 21 heavy (non-hydrogen) atoms. The Morgan fingerprint density at radius 2 is 2.43 bits per heavy atom. The Morgan fingerprint density at radius 3 is 3.19 bits per heavy atom. The highest BCUT2D eigenvalue weighted by Crippen LogP contribution is 2.17. The molecule has 1 fully saturated rings. The zero-order chi connectivity index (χ0) is 15.1. The van der Waals surface area contributed by atoms with E-state index in [1.807, 2.05) is 4.90 Å². The minimum atomic E-state index is 0.00360. The average Bonchev–Trinajstić information content (AvgIpc) is 2.51. The van der Waals surface area contributed by atoms with Gasteiger partial charge in [0.25, 0.3) is 5.91 Å². The average molecular weight is 292 g/mol. The van der Waals surface area contributed by atoms with Gasteiger partial charge in [-0.3, -0.25) is 4.79 Å². The van der Waals surface area contributed by atoms with Crippen LogP contribution >= 0.6 is 0 Å². The smallest absolute Gasteiger partial charge is 0.272 e. The van der Waals surface area contributed by atoms with Crippen LogP contribution in [0.1, 0.15) is 36.7 Å². The van der Waals surface area contributed by atoms with Crippen molar-refractivity contribution in [3.63, 3.8) is 0 Å². The molecule has 2 rings (SSSR count). The number of nitrogens with zero attached hydrogens (tertiary/aromatic N) is 3. The molecule has 2 heterocycles. The fourth-order valence-electron chi connectivity index (χ4n) is 2.52. The van der Waals surface area contributed by atoms with Gasteiger partial charge in [0.1, 0.15) is 5.69 Å². The lowest BCUT2D eigenvalue weighted by Crippen LogP contribution is -2.39. The van der Waals surface area contributed by atoms with E-state index in [-0.39, 0.29) is 5.91 Å². The Balaban J connectivity index is 1.94. The molecule has 0 aromatic carbocycles. The van der Waals surface area contributed by atoms with Crippen LogP contribution in [0.15, 0.2) is 12.3 Å². The summed E-state index contributed by atoms with van der Waals surface area (Å²) < 4.78 is 4.99. The third-order valence-corrected chi connectivity index (χ3v) is 3.63. The standard InChI is InChI=1S/C15H24N4O2/c1-12-5-3-9-19(11-12)14(20)13-6-8-17-15(18-13)16-7-4-10-21-2/h6,8,12H,3-5,7,9-11H2,1-2H3,(H,16,17,18). The fraction of sp³-hybridized carbons (Fsp3) is 0.667. The highest BCUT2D eigenvalue weighted by Gasteiger charge is 2.23. The Labute approximate surface area is 125 Å². The van der Waals surface area contributed by atoms with E-state index in [0.717, 1.165) is 32.5 Å². The van der Waals surface area contributed by atoms with Crippen LogP contribution in [0, 0.1) is 5.92 Å². The summed E-state index contributed by atoms with van der Waals surface area (Å²) in [4.78, 5) is 22.8. The molecule has 1 unspecified atom stereocenters. The van der Waals surface area contributed by atoms with Crippen molar-refractivity contribution in [2.75, 3.05) is 38.7 Å². The van der Waals surface area contributed by atoms with Gasteiger partial charge in [-0.25, -0.2) is 9.97 Å². The number of rotatable bonds is 6. The lowest BCUT2D eigenvalue weighted by molar-refractivity contribution is 0.0677. The van der Waals surface area contributed by atoms with E-state index in [1.54, 1.807) is 19.4 Å². The van der Waals surface area contributed by atoms with Crippen molar-refractivity contribution in [1.29, 1.82) is 0 Å². The van der Waals surface area contributed by atoms with Gasteiger partial charge in [-0.1, -0.05) is 6.92 Å². The van der Waals surface area contributed by atoms with Crippen LogP contribution < -0.4 is 5.32 Å². The lowest BCUT2D eigenvalue weighted by Gasteiger charge is -2.30. The first-order chi connectivity index (χ1) is 10.2. The van der Waals surface area contributed by atoms with Gasteiger partial charge in [0.2, 0.25) is 5.95 Å². The number of methoxy groups -OCH3 is 1. The molecule has 0 radical (unpaired) electrons. The minimum absolute atomic E-state index is 0.00360. The number of anilines is 1. The molecule has 1 aromatic rings. The molecule has 1 aliphatic heterocycles. The molecule has 1 atom stereocenters. The molecule has 1 aromatic heterocycles. The van der Waals surface area contributed by atoms with Crippen LogP contribution in [0.3, 0.4) is 0 Å². The van der Waals surface area contributed by atoms with Crippen LogP contribution in [0.25, 0.3) is 0 Å². The SMILES string of the molecule is COCCCNc1nccc(C(=O)N2CCCC(C)C2)n1. The summed E-state index contributed by atoms with van der Waals surface area (Å²) >= 11 is 0. The van der Waals surface area contributed by atoms with E-state index < -0.39 is 0 Å². The second-order valence-corrected chi connectivity index (χ2v) is 5.54. The number of hydrogen-bond donors (Lipinski definition) is 1. The molecule has 0 saturated carbocycles. The predicted octanol–water partition coefficient (Wildman–Crippen LogP) is 1.80. The summed E-state index contributed by atoms with van der Waals surface area (Å²) in [6.45, 7) is 5.24. The second kappa shape index (κ2) is 7.93. The number of carbonyl (C=O) groups excluding carboxylic acids is 1. The largest absolute Gasteiger partial charge is 0.385 e. The first-order valence-corrected chi connectivity index (χ1v) is 7.56. The highest BCUT2D eigenvalue weighted by atomic mass is 16.5.